The minimum atomic E-state index is -5.13. The van der Waals surface area contributed by atoms with E-state index in [9.17, 15) is 22.0 Å². The normalized spacial score (nSPS) is 11.4. The first-order chi connectivity index (χ1) is 8.28. The summed E-state index contributed by atoms with van der Waals surface area (Å²) in [7, 11) is 0. The maximum atomic E-state index is 12.5. The molecule has 0 aliphatic heterocycles. The number of aromatic nitrogens is 1. The van der Waals surface area contributed by atoms with Crippen LogP contribution < -0.4 is 4.74 Å². The number of nitriles is 1. The lowest BCUT2D eigenvalue weighted by Gasteiger charge is -2.13. The van der Waals surface area contributed by atoms with E-state index in [2.05, 4.69) is 9.72 Å². The minimum Gasteiger partial charge on any atom is -0.403 e. The van der Waals surface area contributed by atoms with Crippen molar-refractivity contribution in [2.75, 3.05) is 0 Å². The molecule has 0 fully saturated rings. The molecule has 0 bridgehead atoms. The third-order valence-corrected chi connectivity index (χ3v) is 1.82. The number of ether oxygens (including phenoxy) is 1. The maximum Gasteiger partial charge on any atom is 0.573 e. The van der Waals surface area contributed by atoms with Gasteiger partial charge in [-0.2, -0.15) is 5.26 Å². The van der Waals surface area contributed by atoms with Gasteiger partial charge in [0.05, 0.1) is 12.3 Å². The van der Waals surface area contributed by atoms with Crippen molar-refractivity contribution >= 4 is 0 Å². The Kier molecular flexibility index (Phi) is 4.03. The lowest BCUT2D eigenvalue weighted by atomic mass is 10.1. The van der Waals surface area contributed by atoms with Crippen molar-refractivity contribution in [2.45, 2.75) is 19.4 Å². The van der Waals surface area contributed by atoms with Crippen molar-refractivity contribution in [3.63, 3.8) is 0 Å². The monoisotopic (exact) mass is 268 g/mol. The average molecular weight is 268 g/mol. The van der Waals surface area contributed by atoms with E-state index in [4.69, 9.17) is 10.4 Å². The standard InChI is InChI=1S/C9H5F5N2O2/c10-8(11)4-1-7(18-9(12,13)14)5(2-15)16-6(4)3-17/h1,8,17H,3H2. The summed E-state index contributed by atoms with van der Waals surface area (Å²) in [5, 5.41) is 17.3. The van der Waals surface area contributed by atoms with Crippen molar-refractivity contribution < 1.29 is 31.8 Å². The molecule has 1 rings (SSSR count). The van der Waals surface area contributed by atoms with Crippen LogP contribution in [0.2, 0.25) is 0 Å². The predicted octanol–water partition coefficient (Wildman–Crippen LogP) is 2.28. The van der Waals surface area contributed by atoms with Crippen LogP contribution in [-0.4, -0.2) is 16.5 Å². The zero-order chi connectivity index (χ0) is 13.9. The van der Waals surface area contributed by atoms with Gasteiger partial charge in [-0.3, -0.25) is 0 Å². The second kappa shape index (κ2) is 5.14. The van der Waals surface area contributed by atoms with Crippen molar-refractivity contribution in [3.05, 3.63) is 23.0 Å². The van der Waals surface area contributed by atoms with Crippen molar-refractivity contribution in [1.82, 2.24) is 4.98 Å². The molecule has 1 heterocycles. The Morgan fingerprint density at radius 2 is 2.06 bits per heavy atom. The zero-order valence-electron chi connectivity index (χ0n) is 8.50. The third-order valence-electron chi connectivity index (χ3n) is 1.82. The second-order valence-corrected chi connectivity index (χ2v) is 2.99. The van der Waals surface area contributed by atoms with E-state index in [1.807, 2.05) is 0 Å². The number of rotatable bonds is 3. The highest BCUT2D eigenvalue weighted by Crippen LogP contribution is 2.31. The number of hydrogen-bond donors (Lipinski definition) is 1. The van der Waals surface area contributed by atoms with Crippen molar-refractivity contribution in [3.8, 4) is 11.8 Å². The van der Waals surface area contributed by atoms with E-state index in [0.29, 0.717) is 6.07 Å². The van der Waals surface area contributed by atoms with Crippen LogP contribution in [0.25, 0.3) is 0 Å². The van der Waals surface area contributed by atoms with Gasteiger partial charge >= 0.3 is 6.36 Å². The molecule has 0 aliphatic rings. The van der Waals surface area contributed by atoms with Crippen molar-refractivity contribution in [1.29, 1.82) is 5.26 Å². The van der Waals surface area contributed by atoms with Gasteiger partial charge < -0.3 is 9.84 Å². The van der Waals surface area contributed by atoms with Crippen LogP contribution in [0, 0.1) is 11.3 Å². The van der Waals surface area contributed by atoms with Crippen molar-refractivity contribution in [2.24, 2.45) is 0 Å². The highest BCUT2D eigenvalue weighted by Gasteiger charge is 2.33. The summed E-state index contributed by atoms with van der Waals surface area (Å²) in [6.45, 7) is -0.930. The minimum absolute atomic E-state index is 0.343. The summed E-state index contributed by atoms with van der Waals surface area (Å²) >= 11 is 0. The van der Waals surface area contributed by atoms with Gasteiger partial charge in [-0.15, -0.1) is 13.2 Å². The molecule has 0 saturated heterocycles. The molecular weight excluding hydrogens is 263 g/mol. The third kappa shape index (κ3) is 3.27. The molecule has 18 heavy (non-hydrogen) atoms. The first-order valence-corrected chi connectivity index (χ1v) is 4.37. The second-order valence-electron chi connectivity index (χ2n) is 2.99. The first kappa shape index (κ1) is 14.1. The molecule has 0 radical (unpaired) electrons. The maximum absolute atomic E-state index is 12.5. The van der Waals surface area contributed by atoms with Gasteiger partial charge in [-0.05, 0) is 6.07 Å². The SMILES string of the molecule is N#Cc1nc(CO)c(C(F)F)cc1OC(F)(F)F. The molecule has 9 heteroatoms. The zero-order valence-corrected chi connectivity index (χ0v) is 8.50. The Bertz CT molecular complexity index is 481. The van der Waals surface area contributed by atoms with Crippen LogP contribution in [0.3, 0.4) is 0 Å². The highest BCUT2D eigenvalue weighted by atomic mass is 19.4. The fourth-order valence-corrected chi connectivity index (χ4v) is 1.15. The van der Waals surface area contributed by atoms with Gasteiger partial charge in [0.1, 0.15) is 6.07 Å². The predicted molar refractivity (Wildman–Crippen MR) is 46.5 cm³/mol. The van der Waals surface area contributed by atoms with E-state index < -0.39 is 42.1 Å². The Morgan fingerprint density at radius 3 is 2.44 bits per heavy atom. The molecule has 0 unspecified atom stereocenters. The van der Waals surface area contributed by atoms with Crippen LogP contribution >= 0.6 is 0 Å². The fraction of sp³-hybridized carbons (Fsp3) is 0.333. The molecule has 4 nitrogen and oxygen atoms in total. The summed E-state index contributed by atoms with van der Waals surface area (Å²) < 4.78 is 64.3. The number of aliphatic hydroxyl groups is 1. The molecule has 1 N–H and O–H groups in total. The van der Waals surface area contributed by atoms with Gasteiger partial charge in [0, 0.05) is 5.56 Å². The molecule has 0 spiro atoms. The number of alkyl halides is 5. The summed E-state index contributed by atoms with van der Waals surface area (Å²) in [6, 6.07) is 1.61. The van der Waals surface area contributed by atoms with Crippen LogP contribution in [0.15, 0.2) is 6.07 Å². The average Bonchev–Trinajstić information content (AvgIpc) is 2.26. The lowest BCUT2D eigenvalue weighted by Crippen LogP contribution is -2.19. The van der Waals surface area contributed by atoms with Crippen LogP contribution in [-0.2, 0) is 6.61 Å². The largest absolute Gasteiger partial charge is 0.573 e. The quantitative estimate of drug-likeness (QED) is 0.854. The first-order valence-electron chi connectivity index (χ1n) is 4.37. The molecule has 0 saturated carbocycles. The topological polar surface area (TPSA) is 66.1 Å². The molecular formula is C9H5F5N2O2. The van der Waals surface area contributed by atoms with Gasteiger partial charge in [0.2, 0.25) is 0 Å². The van der Waals surface area contributed by atoms with E-state index in [1.165, 1.54) is 6.07 Å². The molecule has 0 atom stereocenters. The van der Waals surface area contributed by atoms with E-state index >= 15 is 0 Å². The number of pyridine rings is 1. The Balaban J connectivity index is 3.33. The van der Waals surface area contributed by atoms with Crippen LogP contribution in [0.1, 0.15) is 23.4 Å². The molecule has 0 aliphatic carbocycles. The molecule has 1 aromatic heterocycles. The molecule has 0 amide bonds. The summed E-state index contributed by atoms with van der Waals surface area (Å²) in [4.78, 5) is 3.20. The summed E-state index contributed by atoms with van der Waals surface area (Å²) in [5.74, 6) is -1.13. The number of halogens is 5. The van der Waals surface area contributed by atoms with Gasteiger partial charge in [-0.1, -0.05) is 0 Å². The molecule has 0 aromatic carbocycles. The van der Waals surface area contributed by atoms with Gasteiger partial charge in [0.25, 0.3) is 6.43 Å². The Morgan fingerprint density at radius 1 is 1.44 bits per heavy atom. The molecule has 98 valence electrons. The van der Waals surface area contributed by atoms with Crippen LogP contribution in [0.5, 0.6) is 5.75 Å². The fourth-order valence-electron chi connectivity index (χ4n) is 1.15. The summed E-state index contributed by atoms with van der Waals surface area (Å²) in [6.07, 6.45) is -8.28. The smallest absolute Gasteiger partial charge is 0.403 e. The summed E-state index contributed by atoms with van der Waals surface area (Å²) in [5.41, 5.74) is -2.33. The number of nitrogens with zero attached hydrogens (tertiary/aromatic N) is 2. The van der Waals surface area contributed by atoms with Crippen LogP contribution in [0.4, 0.5) is 22.0 Å². The Labute approximate surface area is 97.2 Å². The van der Waals surface area contributed by atoms with E-state index in [-0.39, 0.29) is 0 Å². The van der Waals surface area contributed by atoms with Gasteiger partial charge in [0.15, 0.2) is 11.4 Å². The van der Waals surface area contributed by atoms with Gasteiger partial charge in [-0.25, -0.2) is 13.8 Å². The lowest BCUT2D eigenvalue weighted by molar-refractivity contribution is -0.274. The van der Waals surface area contributed by atoms with E-state index in [1.54, 1.807) is 0 Å². The highest BCUT2D eigenvalue weighted by molar-refractivity contribution is 5.42. The number of aliphatic hydroxyl groups excluding tert-OH is 1. The van der Waals surface area contributed by atoms with E-state index in [0.717, 1.165) is 0 Å². The molecule has 1 aromatic rings. The number of hydrogen-bond acceptors (Lipinski definition) is 4. The Hall–Kier alpha value is -1.95.